The summed E-state index contributed by atoms with van der Waals surface area (Å²) in [6.07, 6.45) is 2.72. The zero-order valence-corrected chi connectivity index (χ0v) is 7.86. The summed E-state index contributed by atoms with van der Waals surface area (Å²) in [5.41, 5.74) is 1.06. The Balaban J connectivity index is 2.34. The molecule has 4 heteroatoms. The predicted octanol–water partition coefficient (Wildman–Crippen LogP) is 2.42. The van der Waals surface area contributed by atoms with Crippen molar-refractivity contribution >= 4 is 23.2 Å². The highest BCUT2D eigenvalue weighted by molar-refractivity contribution is 6.32. The molecule has 64 valence electrons. The SMILES string of the molecule is Clc1cc(C2CCN2)c(Cl)cn1. The molecule has 1 aliphatic heterocycles. The minimum atomic E-state index is 0.373. The highest BCUT2D eigenvalue weighted by Gasteiger charge is 2.21. The van der Waals surface area contributed by atoms with E-state index in [1.165, 1.54) is 0 Å². The van der Waals surface area contributed by atoms with Crippen molar-refractivity contribution in [1.82, 2.24) is 10.3 Å². The van der Waals surface area contributed by atoms with Crippen molar-refractivity contribution in [2.24, 2.45) is 0 Å². The fourth-order valence-corrected chi connectivity index (χ4v) is 1.65. The number of hydrogen-bond acceptors (Lipinski definition) is 2. The second-order valence-corrected chi connectivity index (χ2v) is 3.62. The van der Waals surface area contributed by atoms with E-state index in [9.17, 15) is 0 Å². The smallest absolute Gasteiger partial charge is 0.129 e. The van der Waals surface area contributed by atoms with Crippen LogP contribution in [-0.4, -0.2) is 11.5 Å². The van der Waals surface area contributed by atoms with Gasteiger partial charge < -0.3 is 5.32 Å². The number of pyridine rings is 1. The Morgan fingerprint density at radius 3 is 2.83 bits per heavy atom. The molecule has 0 amide bonds. The van der Waals surface area contributed by atoms with Gasteiger partial charge in [-0.3, -0.25) is 0 Å². The van der Waals surface area contributed by atoms with Gasteiger partial charge >= 0.3 is 0 Å². The summed E-state index contributed by atoms with van der Waals surface area (Å²) in [4.78, 5) is 3.89. The van der Waals surface area contributed by atoms with Crippen molar-refractivity contribution in [2.45, 2.75) is 12.5 Å². The maximum atomic E-state index is 5.94. The quantitative estimate of drug-likeness (QED) is 0.709. The zero-order valence-electron chi connectivity index (χ0n) is 6.35. The van der Waals surface area contributed by atoms with Crippen molar-refractivity contribution in [1.29, 1.82) is 0 Å². The summed E-state index contributed by atoms with van der Waals surface area (Å²) in [5, 5.41) is 4.45. The van der Waals surface area contributed by atoms with Crippen molar-refractivity contribution in [2.75, 3.05) is 6.54 Å². The van der Waals surface area contributed by atoms with Crippen molar-refractivity contribution < 1.29 is 0 Å². The van der Waals surface area contributed by atoms with Crippen LogP contribution in [0, 0.1) is 0 Å². The first-order valence-electron chi connectivity index (χ1n) is 3.81. The Morgan fingerprint density at radius 2 is 2.25 bits per heavy atom. The van der Waals surface area contributed by atoms with Crippen LogP contribution in [0.2, 0.25) is 10.2 Å². The average molecular weight is 203 g/mol. The Kier molecular flexibility index (Phi) is 2.22. The van der Waals surface area contributed by atoms with Crippen LogP contribution in [0.4, 0.5) is 0 Å². The standard InChI is InChI=1S/C8H8Cl2N2/c9-6-4-12-8(10)3-5(6)7-1-2-11-7/h3-4,7,11H,1-2H2. The molecule has 1 aliphatic rings. The molecule has 2 nitrogen and oxygen atoms in total. The van der Waals surface area contributed by atoms with Crippen LogP contribution in [-0.2, 0) is 0 Å². The Bertz CT molecular complexity index is 297. The van der Waals surface area contributed by atoms with E-state index in [4.69, 9.17) is 23.2 Å². The average Bonchev–Trinajstić information content (AvgIpc) is 1.93. The highest BCUT2D eigenvalue weighted by Crippen LogP contribution is 2.29. The third-order valence-corrected chi connectivity index (χ3v) is 2.57. The van der Waals surface area contributed by atoms with Crippen LogP contribution in [0.25, 0.3) is 0 Å². The lowest BCUT2D eigenvalue weighted by molar-refractivity contribution is 0.383. The summed E-state index contributed by atoms with van der Waals surface area (Å²) < 4.78 is 0. The molecular formula is C8H8Cl2N2. The van der Waals surface area contributed by atoms with Gasteiger partial charge in [0.05, 0.1) is 5.02 Å². The minimum Gasteiger partial charge on any atom is -0.310 e. The minimum absolute atomic E-state index is 0.373. The lowest BCUT2D eigenvalue weighted by Crippen LogP contribution is -2.35. The van der Waals surface area contributed by atoms with Crippen LogP contribution in [0.5, 0.6) is 0 Å². The molecule has 0 spiro atoms. The van der Waals surface area contributed by atoms with E-state index >= 15 is 0 Å². The summed E-state index contributed by atoms with van der Waals surface area (Å²) in [6.45, 7) is 1.06. The molecule has 12 heavy (non-hydrogen) atoms. The predicted molar refractivity (Wildman–Crippen MR) is 49.6 cm³/mol. The lowest BCUT2D eigenvalue weighted by atomic mass is 9.99. The Hall–Kier alpha value is -0.310. The number of nitrogens with one attached hydrogen (secondary N) is 1. The fourth-order valence-electron chi connectivity index (χ4n) is 1.25. The van der Waals surface area contributed by atoms with E-state index in [1.807, 2.05) is 6.07 Å². The monoisotopic (exact) mass is 202 g/mol. The van der Waals surface area contributed by atoms with Crippen molar-refractivity contribution in [3.8, 4) is 0 Å². The molecular weight excluding hydrogens is 195 g/mol. The van der Waals surface area contributed by atoms with Gasteiger partial charge in [0.1, 0.15) is 5.15 Å². The third kappa shape index (κ3) is 1.42. The van der Waals surface area contributed by atoms with Crippen molar-refractivity contribution in [3.05, 3.63) is 28.0 Å². The highest BCUT2D eigenvalue weighted by atomic mass is 35.5. The number of rotatable bonds is 1. The normalized spacial score (nSPS) is 22.0. The fraction of sp³-hybridized carbons (Fsp3) is 0.375. The van der Waals surface area contributed by atoms with E-state index < -0.39 is 0 Å². The molecule has 1 fully saturated rings. The van der Waals surface area contributed by atoms with Crippen LogP contribution in [0.1, 0.15) is 18.0 Å². The van der Waals surface area contributed by atoms with Crippen LogP contribution in [0.3, 0.4) is 0 Å². The number of nitrogens with zero attached hydrogens (tertiary/aromatic N) is 1. The summed E-state index contributed by atoms with van der Waals surface area (Å²) in [6, 6.07) is 2.19. The van der Waals surface area contributed by atoms with E-state index in [-0.39, 0.29) is 0 Å². The molecule has 1 N–H and O–H groups in total. The molecule has 1 unspecified atom stereocenters. The van der Waals surface area contributed by atoms with Gasteiger partial charge in [0.15, 0.2) is 0 Å². The molecule has 1 aromatic heterocycles. The molecule has 1 atom stereocenters. The zero-order chi connectivity index (χ0) is 8.55. The first kappa shape index (κ1) is 8.30. The maximum absolute atomic E-state index is 5.94. The van der Waals surface area contributed by atoms with Gasteiger partial charge in [0.25, 0.3) is 0 Å². The Labute approximate surface area is 80.9 Å². The topological polar surface area (TPSA) is 24.9 Å². The van der Waals surface area contributed by atoms with E-state index in [0.717, 1.165) is 18.5 Å². The second kappa shape index (κ2) is 3.21. The van der Waals surface area contributed by atoms with Gasteiger partial charge in [0, 0.05) is 12.2 Å². The summed E-state index contributed by atoms with van der Waals surface area (Å²) in [7, 11) is 0. The first-order valence-corrected chi connectivity index (χ1v) is 4.57. The van der Waals surface area contributed by atoms with Gasteiger partial charge in [-0.15, -0.1) is 0 Å². The molecule has 0 bridgehead atoms. The molecule has 1 saturated heterocycles. The van der Waals surface area contributed by atoms with Crippen LogP contribution >= 0.6 is 23.2 Å². The van der Waals surface area contributed by atoms with Crippen LogP contribution in [0.15, 0.2) is 12.3 Å². The second-order valence-electron chi connectivity index (χ2n) is 2.82. The largest absolute Gasteiger partial charge is 0.310 e. The van der Waals surface area contributed by atoms with Crippen LogP contribution < -0.4 is 5.32 Å². The Morgan fingerprint density at radius 1 is 1.50 bits per heavy atom. The number of halogens is 2. The maximum Gasteiger partial charge on any atom is 0.129 e. The van der Waals surface area contributed by atoms with Gasteiger partial charge in [-0.1, -0.05) is 23.2 Å². The van der Waals surface area contributed by atoms with Gasteiger partial charge in [-0.2, -0.15) is 0 Å². The lowest BCUT2D eigenvalue weighted by Gasteiger charge is -2.28. The number of aromatic nitrogens is 1. The summed E-state index contributed by atoms with van der Waals surface area (Å²) >= 11 is 11.7. The van der Waals surface area contributed by atoms with Gasteiger partial charge in [-0.25, -0.2) is 4.98 Å². The molecule has 2 rings (SSSR count). The molecule has 0 radical (unpaired) electrons. The molecule has 0 aliphatic carbocycles. The van der Waals surface area contributed by atoms with Crippen molar-refractivity contribution in [3.63, 3.8) is 0 Å². The molecule has 0 saturated carbocycles. The van der Waals surface area contributed by atoms with Gasteiger partial charge in [-0.05, 0) is 24.6 Å². The third-order valence-electron chi connectivity index (χ3n) is 2.05. The summed E-state index contributed by atoms with van der Waals surface area (Å²) in [5.74, 6) is 0. The number of hydrogen-bond donors (Lipinski definition) is 1. The van der Waals surface area contributed by atoms with E-state index in [1.54, 1.807) is 6.20 Å². The first-order chi connectivity index (χ1) is 5.77. The molecule has 2 heterocycles. The molecule has 0 aromatic carbocycles. The van der Waals surface area contributed by atoms with Gasteiger partial charge in [0.2, 0.25) is 0 Å². The van der Waals surface area contributed by atoms with E-state index in [0.29, 0.717) is 16.2 Å². The van der Waals surface area contributed by atoms with E-state index in [2.05, 4.69) is 10.3 Å². The molecule has 1 aromatic rings.